The van der Waals surface area contributed by atoms with Gasteiger partial charge in [0.1, 0.15) is 17.5 Å². The molecule has 32 heavy (non-hydrogen) atoms. The number of aromatic hydroxyl groups is 2. The van der Waals surface area contributed by atoms with Crippen molar-refractivity contribution in [2.75, 3.05) is 19.7 Å². The van der Waals surface area contributed by atoms with Crippen LogP contribution in [0.3, 0.4) is 0 Å². The van der Waals surface area contributed by atoms with Gasteiger partial charge in [-0.15, -0.1) is 0 Å². The quantitative estimate of drug-likeness (QED) is 0.649. The van der Waals surface area contributed by atoms with Crippen LogP contribution in [0.1, 0.15) is 48.8 Å². The Labute approximate surface area is 184 Å². The molecule has 2 amide bonds. The number of amides is 2. The van der Waals surface area contributed by atoms with Crippen LogP contribution in [0.15, 0.2) is 24.3 Å². The van der Waals surface area contributed by atoms with Gasteiger partial charge in [-0.1, -0.05) is 12.1 Å². The zero-order chi connectivity index (χ0) is 23.5. The van der Waals surface area contributed by atoms with E-state index in [0.29, 0.717) is 12.1 Å². The minimum Gasteiger partial charge on any atom is -0.501 e. The van der Waals surface area contributed by atoms with E-state index in [2.05, 4.69) is 15.3 Å². The van der Waals surface area contributed by atoms with Crippen LogP contribution in [0.5, 0.6) is 11.6 Å². The number of halogens is 1. The van der Waals surface area contributed by atoms with Crippen LogP contribution in [0.25, 0.3) is 0 Å². The molecule has 1 aromatic carbocycles. The van der Waals surface area contributed by atoms with Crippen LogP contribution in [0.4, 0.5) is 9.18 Å². The first kappa shape index (κ1) is 23.2. The van der Waals surface area contributed by atoms with Crippen molar-refractivity contribution in [2.24, 2.45) is 0 Å². The average Bonchev–Trinajstić information content (AvgIpc) is 2.74. The summed E-state index contributed by atoms with van der Waals surface area (Å²) in [5, 5.41) is 22.6. The molecule has 1 aliphatic rings. The SMILES string of the molecule is CC(C)(C)OC(=O)N1CCOC(c2nc(O)c(O)c(C(=O)NCc3ccc(F)cc3)n2)C1. The smallest absolute Gasteiger partial charge is 0.410 e. The number of carbonyl (C=O) groups excluding carboxylic acids is 2. The normalized spacial score (nSPS) is 16.5. The topological polar surface area (TPSA) is 134 Å². The van der Waals surface area contributed by atoms with Gasteiger partial charge in [-0.2, -0.15) is 4.98 Å². The molecule has 1 atom stereocenters. The Bertz CT molecular complexity index is 993. The third kappa shape index (κ3) is 5.82. The maximum absolute atomic E-state index is 13.0. The van der Waals surface area contributed by atoms with Crippen molar-refractivity contribution >= 4 is 12.0 Å². The largest absolute Gasteiger partial charge is 0.501 e. The predicted molar refractivity (Wildman–Crippen MR) is 109 cm³/mol. The molecule has 1 saturated heterocycles. The van der Waals surface area contributed by atoms with Gasteiger partial charge in [0.05, 0.1) is 13.2 Å². The summed E-state index contributed by atoms with van der Waals surface area (Å²) in [5.41, 5.74) is -0.498. The van der Waals surface area contributed by atoms with Gasteiger partial charge in [-0.25, -0.2) is 14.2 Å². The van der Waals surface area contributed by atoms with Gasteiger partial charge in [0.2, 0.25) is 5.75 Å². The molecule has 172 valence electrons. The number of benzene rings is 1. The second-order valence-corrected chi connectivity index (χ2v) is 8.20. The van der Waals surface area contributed by atoms with Crippen molar-refractivity contribution in [3.8, 4) is 11.6 Å². The number of hydrogen-bond acceptors (Lipinski definition) is 8. The molecule has 0 spiro atoms. The Morgan fingerprint density at radius 2 is 1.94 bits per heavy atom. The third-order valence-corrected chi connectivity index (χ3v) is 4.47. The highest BCUT2D eigenvalue weighted by Gasteiger charge is 2.32. The molecule has 3 N–H and O–H groups in total. The molecule has 0 saturated carbocycles. The molecule has 0 radical (unpaired) electrons. The van der Waals surface area contributed by atoms with Crippen LogP contribution >= 0.6 is 0 Å². The molecular weight excluding hydrogens is 423 g/mol. The summed E-state index contributed by atoms with van der Waals surface area (Å²) in [4.78, 5) is 34.2. The molecule has 1 aromatic heterocycles. The van der Waals surface area contributed by atoms with Crippen LogP contribution in [-0.2, 0) is 16.0 Å². The Hall–Kier alpha value is -3.47. The van der Waals surface area contributed by atoms with Crippen LogP contribution in [0, 0.1) is 5.82 Å². The van der Waals surface area contributed by atoms with Crippen molar-refractivity contribution in [3.05, 3.63) is 47.2 Å². The second kappa shape index (κ2) is 9.35. The molecule has 11 heteroatoms. The summed E-state index contributed by atoms with van der Waals surface area (Å²) in [6.45, 7) is 5.80. The molecule has 2 heterocycles. The van der Waals surface area contributed by atoms with Crippen molar-refractivity contribution in [3.63, 3.8) is 0 Å². The lowest BCUT2D eigenvalue weighted by Crippen LogP contribution is -2.45. The van der Waals surface area contributed by atoms with E-state index in [9.17, 15) is 24.2 Å². The molecule has 1 aliphatic heterocycles. The Balaban J connectivity index is 1.74. The predicted octanol–water partition coefficient (Wildman–Crippen LogP) is 2.27. The Morgan fingerprint density at radius 1 is 1.25 bits per heavy atom. The summed E-state index contributed by atoms with van der Waals surface area (Å²) in [7, 11) is 0. The van der Waals surface area contributed by atoms with Crippen molar-refractivity contribution < 1.29 is 33.7 Å². The number of morpholine rings is 1. The summed E-state index contributed by atoms with van der Waals surface area (Å²) in [6, 6.07) is 5.51. The van der Waals surface area contributed by atoms with Gasteiger partial charge < -0.3 is 29.9 Å². The van der Waals surface area contributed by atoms with Crippen LogP contribution < -0.4 is 5.32 Å². The minimum absolute atomic E-state index is 0.0375. The van der Waals surface area contributed by atoms with E-state index in [-0.39, 0.29) is 25.5 Å². The zero-order valence-electron chi connectivity index (χ0n) is 18.0. The summed E-state index contributed by atoms with van der Waals surface area (Å²) in [5.74, 6) is -2.83. The number of hydrogen-bond donors (Lipinski definition) is 3. The number of carbonyl (C=O) groups is 2. The Morgan fingerprint density at radius 3 is 2.59 bits per heavy atom. The number of nitrogens with one attached hydrogen (secondary N) is 1. The van der Waals surface area contributed by atoms with Crippen LogP contribution in [-0.4, -0.2) is 62.4 Å². The molecule has 0 bridgehead atoms. The number of nitrogens with zero attached hydrogens (tertiary/aromatic N) is 3. The monoisotopic (exact) mass is 448 g/mol. The van der Waals surface area contributed by atoms with Gasteiger partial charge in [0.15, 0.2) is 11.5 Å². The van der Waals surface area contributed by atoms with Gasteiger partial charge in [-0.3, -0.25) is 4.79 Å². The molecule has 0 aliphatic carbocycles. The fourth-order valence-corrected chi connectivity index (χ4v) is 2.93. The average molecular weight is 448 g/mol. The van der Waals surface area contributed by atoms with Gasteiger partial charge in [-0.05, 0) is 38.5 Å². The molecule has 3 rings (SSSR count). The first-order valence-electron chi connectivity index (χ1n) is 9.95. The number of aromatic nitrogens is 2. The molecule has 1 fully saturated rings. The highest BCUT2D eigenvalue weighted by molar-refractivity contribution is 5.95. The molecule has 10 nitrogen and oxygen atoms in total. The standard InChI is InChI=1S/C21H25FN4O6/c1-21(2,3)32-20(30)26-8-9-31-14(11-26)17-24-15(16(27)19(29)25-17)18(28)23-10-12-4-6-13(22)7-5-12/h4-7,14,27H,8-11H2,1-3H3,(H,23,28)(H,24,25,29). The van der Waals surface area contributed by atoms with Crippen LogP contribution in [0.2, 0.25) is 0 Å². The van der Waals surface area contributed by atoms with E-state index in [4.69, 9.17) is 9.47 Å². The maximum atomic E-state index is 13.0. The highest BCUT2D eigenvalue weighted by Crippen LogP contribution is 2.29. The van der Waals surface area contributed by atoms with Gasteiger partial charge >= 0.3 is 6.09 Å². The zero-order valence-corrected chi connectivity index (χ0v) is 18.0. The number of rotatable bonds is 4. The first-order chi connectivity index (χ1) is 15.0. The van der Waals surface area contributed by atoms with Gasteiger partial charge in [0, 0.05) is 13.1 Å². The fraction of sp³-hybridized carbons (Fsp3) is 0.429. The minimum atomic E-state index is -0.841. The van der Waals surface area contributed by atoms with E-state index in [1.165, 1.54) is 29.2 Å². The summed E-state index contributed by atoms with van der Waals surface area (Å²) >= 11 is 0. The van der Waals surface area contributed by atoms with E-state index in [1.54, 1.807) is 20.8 Å². The Kier molecular flexibility index (Phi) is 6.78. The lowest BCUT2D eigenvalue weighted by molar-refractivity contribution is -0.0465. The van der Waals surface area contributed by atoms with Crippen molar-refractivity contribution in [2.45, 2.75) is 39.0 Å². The second-order valence-electron chi connectivity index (χ2n) is 8.20. The maximum Gasteiger partial charge on any atom is 0.410 e. The lowest BCUT2D eigenvalue weighted by Gasteiger charge is -2.33. The molecule has 1 unspecified atom stereocenters. The molecular formula is C21H25FN4O6. The first-order valence-corrected chi connectivity index (χ1v) is 9.95. The van der Waals surface area contributed by atoms with E-state index in [1.807, 2.05) is 0 Å². The van der Waals surface area contributed by atoms with Crippen molar-refractivity contribution in [1.29, 1.82) is 0 Å². The number of ether oxygens (including phenoxy) is 2. The van der Waals surface area contributed by atoms with Crippen molar-refractivity contribution in [1.82, 2.24) is 20.2 Å². The highest BCUT2D eigenvalue weighted by atomic mass is 19.1. The van der Waals surface area contributed by atoms with E-state index < -0.39 is 46.8 Å². The summed E-state index contributed by atoms with van der Waals surface area (Å²) in [6.07, 6.45) is -1.38. The lowest BCUT2D eigenvalue weighted by atomic mass is 10.2. The van der Waals surface area contributed by atoms with E-state index >= 15 is 0 Å². The summed E-state index contributed by atoms with van der Waals surface area (Å²) < 4.78 is 24.0. The third-order valence-electron chi connectivity index (χ3n) is 4.47. The van der Waals surface area contributed by atoms with E-state index in [0.717, 1.165) is 0 Å². The van der Waals surface area contributed by atoms with Gasteiger partial charge in [0.25, 0.3) is 11.8 Å². The fourth-order valence-electron chi connectivity index (χ4n) is 2.93. The molecule has 2 aromatic rings.